The fourth-order valence-electron chi connectivity index (χ4n) is 3.27. The third-order valence-corrected chi connectivity index (χ3v) is 5.90. The Balaban J connectivity index is 1.90. The van der Waals surface area contributed by atoms with Crippen molar-refractivity contribution in [1.82, 2.24) is 15.1 Å². The lowest BCUT2D eigenvalue weighted by Gasteiger charge is -2.07. The molecule has 0 saturated carbocycles. The highest BCUT2D eigenvalue weighted by atomic mass is 32.2. The molecule has 2 aromatic carbocycles. The topological polar surface area (TPSA) is 93.4 Å². The van der Waals surface area contributed by atoms with Gasteiger partial charge in [-0.25, -0.2) is 18.1 Å². The monoisotopic (exact) mass is 408 g/mol. The number of aliphatic imine (C=N–C) groups is 1. The Morgan fingerprint density at radius 2 is 1.76 bits per heavy atom. The van der Waals surface area contributed by atoms with E-state index in [0.29, 0.717) is 35.7 Å². The normalized spacial score (nSPS) is 14.0. The second kappa shape index (κ2) is 7.29. The highest BCUT2D eigenvalue weighted by molar-refractivity contribution is 7.90. The summed E-state index contributed by atoms with van der Waals surface area (Å²) in [5.74, 6) is 0.230. The van der Waals surface area contributed by atoms with E-state index in [2.05, 4.69) is 10.4 Å². The minimum atomic E-state index is -3.30. The Hall–Kier alpha value is -3.26. The summed E-state index contributed by atoms with van der Waals surface area (Å²) in [7, 11) is -3.30. The van der Waals surface area contributed by atoms with E-state index >= 15 is 0 Å². The molecule has 1 N–H and O–H groups in total. The molecule has 0 aliphatic carbocycles. The van der Waals surface area contributed by atoms with Crippen molar-refractivity contribution in [2.24, 2.45) is 4.99 Å². The van der Waals surface area contributed by atoms with Crippen molar-refractivity contribution < 1.29 is 13.2 Å². The van der Waals surface area contributed by atoms with Crippen molar-refractivity contribution in [2.75, 3.05) is 12.8 Å². The maximum absolute atomic E-state index is 12.8. The molecule has 0 saturated heterocycles. The first kappa shape index (κ1) is 19.1. The summed E-state index contributed by atoms with van der Waals surface area (Å²) in [4.78, 5) is 17.8. The lowest BCUT2D eigenvalue weighted by Crippen LogP contribution is -2.28. The molecule has 148 valence electrons. The minimum absolute atomic E-state index is 0.217. The molecule has 1 amide bonds. The van der Waals surface area contributed by atoms with Crippen LogP contribution in [0.25, 0.3) is 5.69 Å². The van der Waals surface area contributed by atoms with Crippen molar-refractivity contribution in [3.05, 3.63) is 71.4 Å². The van der Waals surface area contributed by atoms with Gasteiger partial charge in [0.15, 0.2) is 15.7 Å². The van der Waals surface area contributed by atoms with Gasteiger partial charge in [-0.3, -0.25) is 4.79 Å². The van der Waals surface area contributed by atoms with Crippen LogP contribution in [0.3, 0.4) is 0 Å². The molecule has 0 radical (unpaired) electrons. The molecule has 1 aromatic heterocycles. The maximum Gasteiger partial charge on any atom is 0.257 e. The first-order chi connectivity index (χ1) is 13.9. The number of rotatable bonds is 4. The molecular formula is C21H20N4O3S. The fraction of sp³-hybridized carbons (Fsp3) is 0.190. The number of fused-ring (bicyclic) bond motifs is 1. The van der Waals surface area contributed by atoms with Crippen LogP contribution in [0, 0.1) is 0 Å². The van der Waals surface area contributed by atoms with E-state index in [1.165, 1.54) is 12.1 Å². The number of carbonyl (C=O) groups is 1. The SMILES string of the molecule is CCc1nn(-c2ccc(S(C)(=O)=O)cc2)c2c1C(=O)NCC(c1ccccc1)=N2. The quantitative estimate of drug-likeness (QED) is 0.718. The molecule has 0 atom stereocenters. The molecule has 1 aliphatic heterocycles. The molecule has 8 heteroatoms. The second-order valence-corrected chi connectivity index (χ2v) is 8.80. The zero-order valence-corrected chi connectivity index (χ0v) is 16.9. The number of sulfone groups is 1. The average molecular weight is 408 g/mol. The first-order valence-electron chi connectivity index (χ1n) is 9.22. The van der Waals surface area contributed by atoms with Gasteiger partial charge in [0, 0.05) is 6.26 Å². The van der Waals surface area contributed by atoms with E-state index in [1.807, 2.05) is 37.3 Å². The van der Waals surface area contributed by atoms with Gasteiger partial charge < -0.3 is 5.32 Å². The average Bonchev–Trinajstić information content (AvgIpc) is 3.00. The van der Waals surface area contributed by atoms with Gasteiger partial charge in [-0.05, 0) is 36.2 Å². The molecular weight excluding hydrogens is 388 g/mol. The van der Waals surface area contributed by atoms with Crippen LogP contribution >= 0.6 is 0 Å². The molecule has 3 aromatic rings. The van der Waals surface area contributed by atoms with Gasteiger partial charge in [-0.15, -0.1) is 0 Å². The number of amides is 1. The van der Waals surface area contributed by atoms with Crippen molar-refractivity contribution in [3.63, 3.8) is 0 Å². The maximum atomic E-state index is 12.8. The molecule has 7 nitrogen and oxygen atoms in total. The Bertz CT molecular complexity index is 1210. The van der Waals surface area contributed by atoms with Gasteiger partial charge in [0.2, 0.25) is 0 Å². The van der Waals surface area contributed by atoms with Crippen LogP contribution < -0.4 is 5.32 Å². The lowest BCUT2D eigenvalue weighted by molar-refractivity contribution is 0.0960. The van der Waals surface area contributed by atoms with Crippen molar-refractivity contribution >= 4 is 27.3 Å². The fourth-order valence-corrected chi connectivity index (χ4v) is 3.90. The Morgan fingerprint density at radius 3 is 2.38 bits per heavy atom. The molecule has 29 heavy (non-hydrogen) atoms. The highest BCUT2D eigenvalue weighted by Crippen LogP contribution is 2.30. The standard InChI is InChI=1S/C21H20N4O3S/c1-3-17-19-20(23-18(13-22-21(19)26)14-7-5-4-6-8-14)25(24-17)15-9-11-16(12-10-15)29(2,27)28/h4-12H,3,13H2,1-2H3,(H,22,26). The van der Waals surface area contributed by atoms with Crippen molar-refractivity contribution in [2.45, 2.75) is 18.2 Å². The number of aryl methyl sites for hydroxylation is 1. The zero-order chi connectivity index (χ0) is 20.6. The van der Waals surface area contributed by atoms with Crippen LogP contribution in [0.1, 0.15) is 28.5 Å². The van der Waals surface area contributed by atoms with Gasteiger partial charge in [0.05, 0.1) is 28.5 Å². The van der Waals surface area contributed by atoms with Gasteiger partial charge in [0.25, 0.3) is 5.91 Å². The number of nitrogens with one attached hydrogen (secondary N) is 1. The van der Waals surface area contributed by atoms with Gasteiger partial charge in [0.1, 0.15) is 5.56 Å². The van der Waals surface area contributed by atoms with Crippen LogP contribution in [0.15, 0.2) is 64.5 Å². The number of hydrogen-bond donors (Lipinski definition) is 1. The molecule has 0 spiro atoms. The Morgan fingerprint density at radius 1 is 1.07 bits per heavy atom. The number of aromatic nitrogens is 2. The van der Waals surface area contributed by atoms with E-state index in [0.717, 1.165) is 17.5 Å². The molecule has 0 bridgehead atoms. The second-order valence-electron chi connectivity index (χ2n) is 6.78. The lowest BCUT2D eigenvalue weighted by atomic mass is 10.1. The number of nitrogens with zero attached hydrogens (tertiary/aromatic N) is 3. The molecule has 4 rings (SSSR count). The first-order valence-corrected chi connectivity index (χ1v) is 11.1. The Labute approximate surface area is 169 Å². The summed E-state index contributed by atoms with van der Waals surface area (Å²) >= 11 is 0. The summed E-state index contributed by atoms with van der Waals surface area (Å²) in [6.45, 7) is 2.24. The van der Waals surface area contributed by atoms with Gasteiger partial charge in [-0.1, -0.05) is 37.3 Å². The van der Waals surface area contributed by atoms with Crippen LogP contribution in [0.5, 0.6) is 0 Å². The van der Waals surface area contributed by atoms with Crippen molar-refractivity contribution in [1.29, 1.82) is 0 Å². The van der Waals surface area contributed by atoms with E-state index in [4.69, 9.17) is 4.99 Å². The summed E-state index contributed by atoms with van der Waals surface area (Å²) in [6, 6.07) is 16.1. The molecule has 0 unspecified atom stereocenters. The number of hydrogen-bond acceptors (Lipinski definition) is 5. The minimum Gasteiger partial charge on any atom is -0.346 e. The van der Waals surface area contributed by atoms with Gasteiger partial charge >= 0.3 is 0 Å². The van der Waals surface area contributed by atoms with E-state index < -0.39 is 9.84 Å². The number of benzene rings is 2. The Kier molecular flexibility index (Phi) is 4.79. The summed E-state index contributed by atoms with van der Waals surface area (Å²) in [5, 5.41) is 7.51. The highest BCUT2D eigenvalue weighted by Gasteiger charge is 2.27. The van der Waals surface area contributed by atoms with Gasteiger partial charge in [-0.2, -0.15) is 5.10 Å². The van der Waals surface area contributed by atoms with Crippen LogP contribution in [-0.2, 0) is 16.3 Å². The van der Waals surface area contributed by atoms with Crippen LogP contribution in [-0.4, -0.2) is 42.6 Å². The molecule has 1 aliphatic rings. The summed E-state index contributed by atoms with van der Waals surface area (Å²) in [5.41, 5.74) is 3.38. The summed E-state index contributed by atoms with van der Waals surface area (Å²) < 4.78 is 25.1. The smallest absolute Gasteiger partial charge is 0.257 e. The third kappa shape index (κ3) is 3.58. The predicted octanol–water partition coefficient (Wildman–Crippen LogP) is 2.70. The summed E-state index contributed by atoms with van der Waals surface area (Å²) in [6.07, 6.45) is 1.73. The predicted molar refractivity (Wildman–Crippen MR) is 111 cm³/mol. The molecule has 2 heterocycles. The van der Waals surface area contributed by atoms with E-state index in [1.54, 1.807) is 16.8 Å². The van der Waals surface area contributed by atoms with E-state index in [-0.39, 0.29) is 10.8 Å². The van der Waals surface area contributed by atoms with Crippen LogP contribution in [0.2, 0.25) is 0 Å². The van der Waals surface area contributed by atoms with Crippen molar-refractivity contribution in [3.8, 4) is 5.69 Å². The number of carbonyl (C=O) groups excluding carboxylic acids is 1. The zero-order valence-electron chi connectivity index (χ0n) is 16.1. The van der Waals surface area contributed by atoms with Crippen LogP contribution in [0.4, 0.5) is 5.82 Å². The van der Waals surface area contributed by atoms with E-state index in [9.17, 15) is 13.2 Å². The molecule has 0 fully saturated rings. The largest absolute Gasteiger partial charge is 0.346 e. The third-order valence-electron chi connectivity index (χ3n) is 4.77.